The molecule has 0 aliphatic heterocycles. The average Bonchev–Trinajstić information content (AvgIpc) is 3.85. The third-order valence-corrected chi connectivity index (χ3v) is 17.4. The molecule has 2 aliphatic rings. The summed E-state index contributed by atoms with van der Waals surface area (Å²) in [6.07, 6.45) is 11.2. The summed E-state index contributed by atoms with van der Waals surface area (Å²) in [6, 6.07) is 43.0. The number of aryl methyl sites for hydroxylation is 2. The van der Waals surface area contributed by atoms with E-state index in [2.05, 4.69) is 123 Å². The van der Waals surface area contributed by atoms with Gasteiger partial charge in [0.2, 0.25) is 0 Å². The van der Waals surface area contributed by atoms with Gasteiger partial charge in [0.15, 0.2) is 0 Å². The van der Waals surface area contributed by atoms with Crippen molar-refractivity contribution in [1.82, 2.24) is 0 Å². The Hall–Kier alpha value is -2.81. The molecule has 0 bridgehead atoms. The molecule has 0 saturated heterocycles. The van der Waals surface area contributed by atoms with Gasteiger partial charge in [0.05, 0.1) is 8.07 Å². The maximum absolute atomic E-state index is 2.69. The van der Waals surface area contributed by atoms with E-state index >= 15 is 0 Å². The van der Waals surface area contributed by atoms with Crippen molar-refractivity contribution in [2.75, 3.05) is 0 Å². The minimum absolute atomic E-state index is 0. The summed E-state index contributed by atoms with van der Waals surface area (Å²) in [7, 11) is -2.11. The summed E-state index contributed by atoms with van der Waals surface area (Å²) in [5.41, 5.74) is 9.75. The first-order chi connectivity index (χ1) is 21.1. The second-order valence-corrected chi connectivity index (χ2v) is 18.2. The normalized spacial score (nSPS) is 15.5. The largest absolute Gasteiger partial charge is 4.00 e. The maximum atomic E-state index is 2.69. The van der Waals surface area contributed by atoms with Crippen LogP contribution in [0.4, 0.5) is 0 Å². The van der Waals surface area contributed by atoms with E-state index in [9.17, 15) is 0 Å². The predicted molar refractivity (Wildman–Crippen MR) is 202 cm³/mol. The van der Waals surface area contributed by atoms with Gasteiger partial charge < -0.3 is 14.9 Å². The van der Waals surface area contributed by atoms with Crippen LogP contribution in [0.1, 0.15) is 62.5 Å². The van der Waals surface area contributed by atoms with Gasteiger partial charge in [-0.15, -0.1) is 68.3 Å². The molecule has 0 heterocycles. The molecule has 0 spiro atoms. The Labute approximate surface area is 297 Å². The van der Waals surface area contributed by atoms with Crippen molar-refractivity contribution >= 4 is 40.0 Å². The van der Waals surface area contributed by atoms with Crippen LogP contribution < -0.4 is 10.4 Å². The molecule has 0 atom stereocenters. The van der Waals surface area contributed by atoms with E-state index in [1.807, 2.05) is 0 Å². The quantitative estimate of drug-likeness (QED) is 0.117. The van der Waals surface area contributed by atoms with Gasteiger partial charge in [0.1, 0.15) is 0 Å². The number of hydrogen-bond acceptors (Lipinski definition) is 0. The van der Waals surface area contributed by atoms with E-state index in [0.717, 1.165) is 11.1 Å². The molecule has 2 fully saturated rings. The summed E-state index contributed by atoms with van der Waals surface area (Å²) in [5.74, 6) is 0. The maximum Gasteiger partial charge on any atom is 4.00 e. The first-order valence-electron chi connectivity index (χ1n) is 16.7. The minimum Gasteiger partial charge on any atom is -0.358 e. The van der Waals surface area contributed by atoms with E-state index in [1.54, 1.807) is 10.4 Å². The number of hydrogen-bond donors (Lipinski definition) is 0. The molecule has 0 N–H and O–H groups in total. The fourth-order valence-electron chi connectivity index (χ4n) is 9.12. The monoisotopic (exact) mass is 784 g/mol. The third kappa shape index (κ3) is 5.79. The van der Waals surface area contributed by atoms with Crippen molar-refractivity contribution in [1.29, 1.82) is 0 Å². The molecule has 0 amide bonds. The number of benzene rings is 4. The minimum atomic E-state index is -2.11. The van der Waals surface area contributed by atoms with E-state index < -0.39 is 8.07 Å². The van der Waals surface area contributed by atoms with Gasteiger partial charge in [-0.3, -0.25) is 0 Å². The second kappa shape index (κ2) is 14.1. The molecule has 232 valence electrons. The molecule has 6 aromatic carbocycles. The zero-order valence-corrected chi connectivity index (χ0v) is 32.8. The van der Waals surface area contributed by atoms with Gasteiger partial charge in [0.25, 0.3) is 0 Å². The molecule has 2 aliphatic carbocycles. The van der Waals surface area contributed by atoms with Crippen LogP contribution in [0.15, 0.2) is 109 Å². The van der Waals surface area contributed by atoms with Crippen LogP contribution in [0.3, 0.4) is 0 Å². The summed E-state index contributed by atoms with van der Waals surface area (Å²) < 4.78 is 0. The fourth-order valence-corrected chi connectivity index (χ4v) is 16.2. The van der Waals surface area contributed by atoms with Gasteiger partial charge in [-0.2, -0.15) is 12.1 Å². The molecule has 0 nitrogen and oxygen atoms in total. The van der Waals surface area contributed by atoms with Crippen LogP contribution in [0.5, 0.6) is 0 Å². The Balaban J connectivity index is 0.00000139. The number of rotatable bonds is 6. The summed E-state index contributed by atoms with van der Waals surface area (Å²) in [6.45, 7) is 4.37. The van der Waals surface area contributed by atoms with Gasteiger partial charge in [-0.1, -0.05) is 134 Å². The molecule has 46 heavy (non-hydrogen) atoms. The zero-order chi connectivity index (χ0) is 29.0. The first-order valence-corrected chi connectivity index (χ1v) is 18.8. The zero-order valence-electron chi connectivity index (χ0n) is 28.2. The van der Waals surface area contributed by atoms with Crippen molar-refractivity contribution in [2.45, 2.75) is 76.3 Å². The Morgan fingerprint density at radius 2 is 0.891 bits per heavy atom. The van der Waals surface area contributed by atoms with E-state index in [1.165, 1.54) is 106 Å². The van der Waals surface area contributed by atoms with Crippen LogP contribution in [-0.2, 0) is 25.8 Å². The van der Waals surface area contributed by atoms with Crippen LogP contribution in [0, 0.1) is 28.7 Å². The van der Waals surface area contributed by atoms with Gasteiger partial charge in [-0.05, 0) is 36.1 Å². The Morgan fingerprint density at radius 3 is 1.26 bits per heavy atom. The Kier molecular flexibility index (Phi) is 10.6. The van der Waals surface area contributed by atoms with E-state index in [-0.39, 0.29) is 40.7 Å². The van der Waals surface area contributed by atoms with Crippen molar-refractivity contribution < 1.29 is 25.8 Å². The molecule has 0 aromatic heterocycles. The molecule has 8 rings (SSSR count). The molecule has 2 heteroatoms. The third-order valence-electron chi connectivity index (χ3n) is 11.2. The Bertz CT molecular complexity index is 1750. The van der Waals surface area contributed by atoms with Crippen molar-refractivity contribution in [3.63, 3.8) is 0 Å². The van der Waals surface area contributed by atoms with Crippen molar-refractivity contribution in [3.8, 4) is 22.3 Å². The van der Waals surface area contributed by atoms with Crippen LogP contribution in [0.2, 0.25) is 11.1 Å². The Morgan fingerprint density at radius 1 is 0.522 bits per heavy atom. The van der Waals surface area contributed by atoms with Gasteiger partial charge in [-0.25, -0.2) is 0 Å². The van der Waals surface area contributed by atoms with Gasteiger partial charge >= 0.3 is 25.8 Å². The molecule has 2 saturated carbocycles. The molecular formula is C44H48HfSi. The molecule has 6 aromatic rings. The average molecular weight is 783 g/mol. The number of fused-ring (bicyclic) bond motifs is 2. The van der Waals surface area contributed by atoms with Crippen LogP contribution >= 0.6 is 0 Å². The summed E-state index contributed by atoms with van der Waals surface area (Å²) in [5, 5.41) is 9.19. The SMILES string of the molecule is Cc1ccc(-c2cccc3[cH-]c([Si](c4cc5c(-c6ccc(C)cc6)cccc5[cH-]4)(C4CCCC4)C4CCCC4)cc23)cc1.[CH3-].[CH3-].[Hf+4]. The smallest absolute Gasteiger partial charge is 0.358 e. The topological polar surface area (TPSA) is 0 Å². The molecule has 0 unspecified atom stereocenters. The van der Waals surface area contributed by atoms with E-state index in [0.29, 0.717) is 0 Å². The van der Waals surface area contributed by atoms with Crippen molar-refractivity contribution in [3.05, 3.63) is 135 Å². The molecular weight excluding hydrogens is 735 g/mol. The first kappa shape index (κ1) is 34.5. The summed E-state index contributed by atoms with van der Waals surface area (Å²) >= 11 is 0. The van der Waals surface area contributed by atoms with Crippen molar-refractivity contribution in [2.24, 2.45) is 0 Å². The standard InChI is InChI=1S/C42H42Si.2CH3.Hf/c1-29-17-21-31(22-18-29)39-15-7-9-33-25-37(27-41(33)39)43(35-11-3-4-12-35,36-13-5-6-14-36)38-26-34-10-8-16-40(42(34)28-38)32-23-19-30(2)20-24-32;;;/h7-10,15-28,35-36H,3-6,11-14H2,1-2H3;2*1H3;/q-2;2*-1;+4. The second-order valence-electron chi connectivity index (χ2n) is 13.7. The van der Waals surface area contributed by atoms with Crippen LogP contribution in [0.25, 0.3) is 43.8 Å². The van der Waals surface area contributed by atoms with Gasteiger partial charge in [0, 0.05) is 0 Å². The predicted octanol–water partition coefficient (Wildman–Crippen LogP) is 11.7. The van der Waals surface area contributed by atoms with Crippen LogP contribution in [-0.4, -0.2) is 8.07 Å². The molecule has 0 radical (unpaired) electrons. The van der Waals surface area contributed by atoms with E-state index in [4.69, 9.17) is 0 Å². The fraction of sp³-hybridized carbons (Fsp3) is 0.273. The summed E-state index contributed by atoms with van der Waals surface area (Å²) in [4.78, 5) is 0.